The summed E-state index contributed by atoms with van der Waals surface area (Å²) in [6, 6.07) is -0.713. The molecule has 0 aliphatic heterocycles. The van der Waals surface area contributed by atoms with E-state index in [9.17, 15) is 9.59 Å². The van der Waals surface area contributed by atoms with E-state index in [2.05, 4.69) is 17.2 Å². The monoisotopic (exact) mass is 186 g/mol. The van der Waals surface area contributed by atoms with Gasteiger partial charge in [0.1, 0.15) is 6.04 Å². The zero-order chi connectivity index (χ0) is 10.3. The fraction of sp³-hybridized carbons (Fsp3) is 0.500. The summed E-state index contributed by atoms with van der Waals surface area (Å²) in [5.74, 6) is -1.22. The Kier molecular flexibility index (Phi) is 5.54. The van der Waals surface area contributed by atoms with Crippen molar-refractivity contribution in [1.29, 1.82) is 0 Å². The lowest BCUT2D eigenvalue weighted by molar-refractivity contribution is -0.139. The van der Waals surface area contributed by atoms with Crippen LogP contribution in [0.1, 0.15) is 6.92 Å². The molecule has 1 unspecified atom stereocenters. The molecule has 1 amide bonds. The van der Waals surface area contributed by atoms with E-state index in [0.717, 1.165) is 0 Å². The maximum absolute atomic E-state index is 10.9. The second kappa shape index (κ2) is 6.19. The summed E-state index contributed by atoms with van der Waals surface area (Å²) in [5, 5.41) is 13.5. The van der Waals surface area contributed by atoms with Crippen LogP contribution in [0.2, 0.25) is 0 Å². The molecule has 0 bridgehead atoms. The number of carboxylic acid groups (broad SMARTS) is 1. The van der Waals surface area contributed by atoms with Crippen molar-refractivity contribution in [3.8, 4) is 0 Å². The van der Waals surface area contributed by atoms with Crippen LogP contribution in [-0.2, 0) is 9.59 Å². The van der Waals surface area contributed by atoms with Crippen molar-refractivity contribution in [2.45, 2.75) is 13.0 Å². The van der Waals surface area contributed by atoms with Crippen molar-refractivity contribution in [2.75, 3.05) is 13.1 Å². The number of amides is 1. The topological polar surface area (TPSA) is 78.4 Å². The number of hydrogen-bond acceptors (Lipinski definition) is 3. The molecular formula is C8H14N2O3. The van der Waals surface area contributed by atoms with E-state index in [4.69, 9.17) is 5.11 Å². The third kappa shape index (κ3) is 5.86. The molecule has 0 rings (SSSR count). The lowest BCUT2D eigenvalue weighted by atomic mass is 10.3. The molecule has 1 atom stereocenters. The lowest BCUT2D eigenvalue weighted by Gasteiger charge is -2.08. The van der Waals surface area contributed by atoms with Gasteiger partial charge < -0.3 is 10.4 Å². The lowest BCUT2D eigenvalue weighted by Crippen LogP contribution is -2.41. The molecule has 0 aromatic carbocycles. The molecule has 5 heteroatoms. The van der Waals surface area contributed by atoms with E-state index >= 15 is 0 Å². The van der Waals surface area contributed by atoms with Crippen molar-refractivity contribution in [2.24, 2.45) is 0 Å². The highest BCUT2D eigenvalue weighted by Crippen LogP contribution is 1.79. The zero-order valence-electron chi connectivity index (χ0n) is 7.54. The fourth-order valence-corrected chi connectivity index (χ4v) is 0.582. The van der Waals surface area contributed by atoms with Gasteiger partial charge in [-0.05, 0) is 6.92 Å². The summed E-state index contributed by atoms with van der Waals surface area (Å²) in [7, 11) is 0. The van der Waals surface area contributed by atoms with Gasteiger partial charge in [-0.3, -0.25) is 14.9 Å². The molecule has 74 valence electrons. The average molecular weight is 186 g/mol. The highest BCUT2D eigenvalue weighted by atomic mass is 16.4. The number of aliphatic carboxylic acids is 1. The number of carbonyl (C=O) groups excluding carboxylic acids is 1. The predicted octanol–water partition coefficient (Wildman–Crippen LogP) is -0.649. The molecule has 0 fully saturated rings. The fourth-order valence-electron chi connectivity index (χ4n) is 0.582. The Bertz CT molecular complexity index is 204. The van der Waals surface area contributed by atoms with Crippen LogP contribution in [0.25, 0.3) is 0 Å². The van der Waals surface area contributed by atoms with Crippen LogP contribution < -0.4 is 10.6 Å². The normalized spacial score (nSPS) is 11.8. The standard InChI is InChI=1S/C8H14N2O3/c1-3-4-9-7(11)5-10-6(2)8(12)13/h3,6,10H,1,4-5H2,2H3,(H,9,11)(H,12,13). The highest BCUT2D eigenvalue weighted by molar-refractivity contribution is 5.79. The number of nitrogens with one attached hydrogen (secondary N) is 2. The third-order valence-corrected chi connectivity index (χ3v) is 1.38. The Morgan fingerprint density at radius 1 is 1.62 bits per heavy atom. The largest absolute Gasteiger partial charge is 0.480 e. The molecule has 0 aliphatic carbocycles. The van der Waals surface area contributed by atoms with E-state index in [1.165, 1.54) is 6.92 Å². The molecule has 5 nitrogen and oxygen atoms in total. The molecule has 0 saturated carbocycles. The minimum atomic E-state index is -0.975. The zero-order valence-corrected chi connectivity index (χ0v) is 7.54. The molecule has 0 heterocycles. The predicted molar refractivity (Wildman–Crippen MR) is 48.3 cm³/mol. The van der Waals surface area contributed by atoms with Gasteiger partial charge in [-0.1, -0.05) is 6.08 Å². The van der Waals surface area contributed by atoms with Gasteiger partial charge in [0.15, 0.2) is 0 Å². The maximum atomic E-state index is 10.9. The summed E-state index contributed by atoms with van der Waals surface area (Å²) in [5.41, 5.74) is 0. The van der Waals surface area contributed by atoms with Gasteiger partial charge in [-0.15, -0.1) is 6.58 Å². The first-order chi connectivity index (χ1) is 6.07. The minimum Gasteiger partial charge on any atom is -0.480 e. The van der Waals surface area contributed by atoms with E-state index in [0.29, 0.717) is 6.54 Å². The van der Waals surface area contributed by atoms with Gasteiger partial charge in [-0.25, -0.2) is 0 Å². The SMILES string of the molecule is C=CCNC(=O)CNC(C)C(=O)O. The molecule has 0 aromatic heterocycles. The Labute approximate surface area is 76.8 Å². The van der Waals surface area contributed by atoms with Crippen LogP contribution in [0, 0.1) is 0 Å². The average Bonchev–Trinajstić information content (AvgIpc) is 2.10. The minimum absolute atomic E-state index is 0.00130. The molecule has 0 radical (unpaired) electrons. The van der Waals surface area contributed by atoms with Crippen LogP contribution in [0.4, 0.5) is 0 Å². The first-order valence-corrected chi connectivity index (χ1v) is 3.91. The third-order valence-electron chi connectivity index (χ3n) is 1.38. The van der Waals surface area contributed by atoms with Crippen LogP contribution in [0.5, 0.6) is 0 Å². The van der Waals surface area contributed by atoms with Crippen LogP contribution in [0.15, 0.2) is 12.7 Å². The summed E-state index contributed by atoms with van der Waals surface area (Å²) in [6.07, 6.45) is 1.55. The van der Waals surface area contributed by atoms with Gasteiger partial charge in [0, 0.05) is 6.54 Å². The van der Waals surface area contributed by atoms with E-state index in [1.54, 1.807) is 6.08 Å². The van der Waals surface area contributed by atoms with Crippen molar-refractivity contribution < 1.29 is 14.7 Å². The van der Waals surface area contributed by atoms with Crippen LogP contribution >= 0.6 is 0 Å². The summed E-state index contributed by atoms with van der Waals surface area (Å²) in [6.45, 7) is 5.29. The summed E-state index contributed by atoms with van der Waals surface area (Å²) in [4.78, 5) is 21.2. The smallest absolute Gasteiger partial charge is 0.320 e. The Balaban J connectivity index is 3.57. The molecule has 0 aromatic rings. The van der Waals surface area contributed by atoms with Gasteiger partial charge >= 0.3 is 5.97 Å². The second-order valence-corrected chi connectivity index (χ2v) is 2.53. The van der Waals surface area contributed by atoms with Gasteiger partial charge in [0.05, 0.1) is 6.54 Å². The Hall–Kier alpha value is -1.36. The van der Waals surface area contributed by atoms with Crippen LogP contribution in [0.3, 0.4) is 0 Å². The van der Waals surface area contributed by atoms with Gasteiger partial charge in [0.2, 0.25) is 5.91 Å². The van der Waals surface area contributed by atoms with E-state index in [-0.39, 0.29) is 12.5 Å². The number of carboxylic acids is 1. The molecule has 0 spiro atoms. The first kappa shape index (κ1) is 11.6. The van der Waals surface area contributed by atoms with Crippen molar-refractivity contribution in [1.82, 2.24) is 10.6 Å². The van der Waals surface area contributed by atoms with Crippen molar-refractivity contribution >= 4 is 11.9 Å². The van der Waals surface area contributed by atoms with Gasteiger partial charge in [0.25, 0.3) is 0 Å². The number of hydrogen-bond donors (Lipinski definition) is 3. The van der Waals surface area contributed by atoms with Crippen molar-refractivity contribution in [3.63, 3.8) is 0 Å². The Morgan fingerprint density at radius 3 is 2.69 bits per heavy atom. The van der Waals surface area contributed by atoms with Crippen molar-refractivity contribution in [3.05, 3.63) is 12.7 Å². The Morgan fingerprint density at radius 2 is 2.23 bits per heavy atom. The number of rotatable bonds is 6. The highest BCUT2D eigenvalue weighted by Gasteiger charge is 2.10. The molecular weight excluding hydrogens is 172 g/mol. The van der Waals surface area contributed by atoms with E-state index < -0.39 is 12.0 Å². The van der Waals surface area contributed by atoms with E-state index in [1.807, 2.05) is 0 Å². The molecule has 0 saturated heterocycles. The number of carbonyl (C=O) groups is 2. The summed E-state index contributed by atoms with van der Waals surface area (Å²) < 4.78 is 0. The molecule has 13 heavy (non-hydrogen) atoms. The summed E-state index contributed by atoms with van der Waals surface area (Å²) >= 11 is 0. The molecule has 3 N–H and O–H groups in total. The van der Waals surface area contributed by atoms with Crippen LogP contribution in [-0.4, -0.2) is 36.1 Å². The first-order valence-electron chi connectivity index (χ1n) is 3.91. The second-order valence-electron chi connectivity index (χ2n) is 2.53. The quantitative estimate of drug-likeness (QED) is 0.482. The maximum Gasteiger partial charge on any atom is 0.320 e. The van der Waals surface area contributed by atoms with Gasteiger partial charge in [-0.2, -0.15) is 0 Å². The molecule has 0 aliphatic rings.